The molecule has 2 nitrogen and oxygen atoms in total. The third-order valence-electron chi connectivity index (χ3n) is 5.28. The van der Waals surface area contributed by atoms with Gasteiger partial charge in [0.1, 0.15) is 0 Å². The van der Waals surface area contributed by atoms with Gasteiger partial charge in [-0.05, 0) is 62.8 Å². The van der Waals surface area contributed by atoms with Crippen LogP contribution in [0.1, 0.15) is 59.8 Å². The molecule has 0 radical (unpaired) electrons. The molecule has 0 saturated carbocycles. The fraction of sp³-hybridized carbons (Fsp3) is 0.524. The van der Waals surface area contributed by atoms with E-state index in [1.165, 1.54) is 0 Å². The summed E-state index contributed by atoms with van der Waals surface area (Å²) < 4.78 is 0. The van der Waals surface area contributed by atoms with Gasteiger partial charge < -0.3 is 0 Å². The number of Topliss-reactive ketones (excluding diaryl/α,β-unsaturated/α-hetero) is 2. The van der Waals surface area contributed by atoms with Crippen molar-refractivity contribution in [2.45, 2.75) is 59.8 Å². The molecule has 2 heteroatoms. The van der Waals surface area contributed by atoms with E-state index in [1.54, 1.807) is 0 Å². The van der Waals surface area contributed by atoms with Crippen LogP contribution in [0.4, 0.5) is 0 Å². The number of allylic oxidation sites excluding steroid dienone is 8. The molecule has 2 aliphatic carbocycles. The average Bonchev–Trinajstić information content (AvgIpc) is 2.54. The maximum Gasteiger partial charge on any atom is 0.165 e. The first kappa shape index (κ1) is 17.7. The molecule has 0 amide bonds. The number of carbonyl (C=O) groups excluding carboxylic acids is 2. The van der Waals surface area contributed by atoms with Crippen LogP contribution in [0, 0.1) is 11.8 Å². The lowest BCUT2D eigenvalue weighted by molar-refractivity contribution is -0.118. The third-order valence-corrected chi connectivity index (χ3v) is 5.28. The standard InChI is InChI=1S/C21H28O2/c1-14-10-12-18(20(22)16(14)3)8-6-5-7-9-19-13-11-15(2)17(4)21(19)23/h10-13,18-19H,5-9H2,1-4H3. The molecule has 124 valence electrons. The maximum atomic E-state index is 12.2. The molecule has 2 aliphatic rings. The second-order valence-electron chi connectivity index (χ2n) is 6.91. The Morgan fingerprint density at radius 1 is 0.696 bits per heavy atom. The summed E-state index contributed by atoms with van der Waals surface area (Å²) in [6.07, 6.45) is 13.3. The highest BCUT2D eigenvalue weighted by Crippen LogP contribution is 2.26. The van der Waals surface area contributed by atoms with E-state index >= 15 is 0 Å². The van der Waals surface area contributed by atoms with Crippen molar-refractivity contribution in [1.82, 2.24) is 0 Å². The van der Waals surface area contributed by atoms with Crippen LogP contribution in [0.15, 0.2) is 46.6 Å². The van der Waals surface area contributed by atoms with Crippen molar-refractivity contribution >= 4 is 11.6 Å². The van der Waals surface area contributed by atoms with Crippen molar-refractivity contribution in [1.29, 1.82) is 0 Å². The molecule has 2 unspecified atom stereocenters. The zero-order chi connectivity index (χ0) is 17.0. The molecule has 2 rings (SSSR count). The highest BCUT2D eigenvalue weighted by molar-refractivity contribution is 6.00. The average molecular weight is 312 g/mol. The highest BCUT2D eigenvalue weighted by atomic mass is 16.1. The van der Waals surface area contributed by atoms with Crippen molar-refractivity contribution in [3.8, 4) is 0 Å². The van der Waals surface area contributed by atoms with Gasteiger partial charge in [-0.25, -0.2) is 0 Å². The molecular weight excluding hydrogens is 284 g/mol. The summed E-state index contributed by atoms with van der Waals surface area (Å²) in [6.45, 7) is 7.83. The first-order valence-corrected chi connectivity index (χ1v) is 8.71. The molecule has 0 aromatic carbocycles. The molecule has 0 bridgehead atoms. The molecule has 0 spiro atoms. The van der Waals surface area contributed by atoms with E-state index < -0.39 is 0 Å². The molecule has 2 atom stereocenters. The van der Waals surface area contributed by atoms with E-state index in [4.69, 9.17) is 0 Å². The Kier molecular flexibility index (Phi) is 5.92. The summed E-state index contributed by atoms with van der Waals surface area (Å²) in [5.41, 5.74) is 4.00. The summed E-state index contributed by atoms with van der Waals surface area (Å²) in [6, 6.07) is 0. The van der Waals surface area contributed by atoms with Crippen LogP contribution in [-0.4, -0.2) is 11.6 Å². The van der Waals surface area contributed by atoms with Crippen LogP contribution in [0.25, 0.3) is 0 Å². The summed E-state index contributed by atoms with van der Waals surface area (Å²) in [5, 5.41) is 0. The SMILES string of the molecule is CC1=C(C)C(=O)C(CCCCCC2C=CC(C)=C(C)C2=O)C=C1. The van der Waals surface area contributed by atoms with Gasteiger partial charge >= 0.3 is 0 Å². The van der Waals surface area contributed by atoms with Crippen molar-refractivity contribution in [2.75, 3.05) is 0 Å². The number of carbonyl (C=O) groups is 2. The lowest BCUT2D eigenvalue weighted by atomic mass is 9.84. The summed E-state index contributed by atoms with van der Waals surface area (Å²) in [7, 11) is 0. The molecule has 0 heterocycles. The van der Waals surface area contributed by atoms with Gasteiger partial charge in [-0.15, -0.1) is 0 Å². The van der Waals surface area contributed by atoms with Gasteiger partial charge in [0.2, 0.25) is 0 Å². The Hall–Kier alpha value is -1.70. The summed E-state index contributed by atoms with van der Waals surface area (Å²) >= 11 is 0. The van der Waals surface area contributed by atoms with Gasteiger partial charge in [0.05, 0.1) is 0 Å². The van der Waals surface area contributed by atoms with Crippen molar-refractivity contribution in [2.24, 2.45) is 11.8 Å². The lowest BCUT2D eigenvalue weighted by Gasteiger charge is -2.19. The number of rotatable bonds is 6. The number of unbranched alkanes of at least 4 members (excludes halogenated alkanes) is 2. The van der Waals surface area contributed by atoms with Crippen LogP contribution >= 0.6 is 0 Å². The largest absolute Gasteiger partial charge is 0.294 e. The third kappa shape index (κ3) is 4.19. The molecular formula is C21H28O2. The first-order chi connectivity index (χ1) is 10.9. The lowest BCUT2D eigenvalue weighted by Crippen LogP contribution is -2.18. The van der Waals surface area contributed by atoms with Gasteiger partial charge in [0, 0.05) is 11.8 Å². The van der Waals surface area contributed by atoms with E-state index in [0.717, 1.165) is 54.4 Å². The number of hydrogen-bond acceptors (Lipinski definition) is 2. The second-order valence-corrected chi connectivity index (χ2v) is 6.91. The summed E-state index contributed by atoms with van der Waals surface area (Å²) in [4.78, 5) is 24.4. The topological polar surface area (TPSA) is 34.1 Å². The highest BCUT2D eigenvalue weighted by Gasteiger charge is 2.22. The van der Waals surface area contributed by atoms with Gasteiger partial charge in [-0.1, -0.05) is 43.6 Å². The first-order valence-electron chi connectivity index (χ1n) is 8.71. The Morgan fingerprint density at radius 2 is 1.09 bits per heavy atom. The molecule has 0 saturated heterocycles. The van der Waals surface area contributed by atoms with Crippen molar-refractivity contribution in [3.63, 3.8) is 0 Å². The Balaban J connectivity index is 1.70. The van der Waals surface area contributed by atoms with E-state index in [1.807, 2.05) is 27.7 Å². The normalized spacial score (nSPS) is 24.9. The van der Waals surface area contributed by atoms with Crippen molar-refractivity contribution in [3.05, 3.63) is 46.6 Å². The van der Waals surface area contributed by atoms with Gasteiger partial charge in [0.15, 0.2) is 11.6 Å². The van der Waals surface area contributed by atoms with E-state index in [9.17, 15) is 9.59 Å². The van der Waals surface area contributed by atoms with E-state index in [2.05, 4.69) is 24.3 Å². The zero-order valence-corrected chi connectivity index (χ0v) is 14.8. The molecule has 0 fully saturated rings. The van der Waals surface area contributed by atoms with Crippen LogP contribution in [0.5, 0.6) is 0 Å². The smallest absolute Gasteiger partial charge is 0.165 e. The van der Waals surface area contributed by atoms with Crippen LogP contribution < -0.4 is 0 Å². The monoisotopic (exact) mass is 312 g/mol. The van der Waals surface area contributed by atoms with Gasteiger partial charge in [-0.2, -0.15) is 0 Å². The minimum absolute atomic E-state index is 0.0581. The Morgan fingerprint density at radius 3 is 1.48 bits per heavy atom. The predicted molar refractivity (Wildman–Crippen MR) is 95.1 cm³/mol. The Labute approximate surface area is 140 Å². The minimum atomic E-state index is 0.0581. The van der Waals surface area contributed by atoms with E-state index in [-0.39, 0.29) is 23.4 Å². The quantitative estimate of drug-likeness (QED) is 0.638. The maximum absolute atomic E-state index is 12.2. The molecule has 0 aliphatic heterocycles. The summed E-state index contributed by atoms with van der Waals surface area (Å²) in [5.74, 6) is 0.684. The molecule has 0 aromatic heterocycles. The fourth-order valence-electron chi connectivity index (χ4n) is 3.25. The van der Waals surface area contributed by atoms with Crippen LogP contribution in [-0.2, 0) is 9.59 Å². The second kappa shape index (κ2) is 7.72. The Bertz CT molecular complexity index is 560. The van der Waals surface area contributed by atoms with Crippen LogP contribution in [0.3, 0.4) is 0 Å². The van der Waals surface area contributed by atoms with Crippen LogP contribution in [0.2, 0.25) is 0 Å². The number of ketones is 2. The number of hydrogen-bond donors (Lipinski definition) is 0. The van der Waals surface area contributed by atoms with Gasteiger partial charge in [-0.3, -0.25) is 9.59 Å². The molecule has 0 N–H and O–H groups in total. The zero-order valence-electron chi connectivity index (χ0n) is 14.8. The van der Waals surface area contributed by atoms with Crippen molar-refractivity contribution < 1.29 is 9.59 Å². The predicted octanol–water partition coefficient (Wildman–Crippen LogP) is 5.12. The minimum Gasteiger partial charge on any atom is -0.294 e. The molecule has 0 aromatic rings. The fourth-order valence-corrected chi connectivity index (χ4v) is 3.25. The molecule has 23 heavy (non-hydrogen) atoms. The van der Waals surface area contributed by atoms with E-state index in [0.29, 0.717) is 0 Å². The van der Waals surface area contributed by atoms with Gasteiger partial charge in [0.25, 0.3) is 0 Å².